The number of carbonyl (C=O) groups is 3. The van der Waals surface area contributed by atoms with E-state index in [0.717, 1.165) is 12.4 Å². The highest BCUT2D eigenvalue weighted by atomic mass is 16.5. The molecule has 0 radical (unpaired) electrons. The fourth-order valence-electron chi connectivity index (χ4n) is 1.32. The average molecular weight is 283 g/mol. The Kier molecular flexibility index (Phi) is 5.39. The van der Waals surface area contributed by atoms with Gasteiger partial charge in [-0.2, -0.15) is 0 Å². The van der Waals surface area contributed by atoms with Gasteiger partial charge in [-0.1, -0.05) is 0 Å². The Balaban J connectivity index is 2.67. The Morgan fingerprint density at radius 1 is 1.50 bits per heavy atom. The van der Waals surface area contributed by atoms with Crippen LogP contribution in [0.25, 0.3) is 0 Å². The first-order valence-corrected chi connectivity index (χ1v) is 5.59. The van der Waals surface area contributed by atoms with E-state index in [1.807, 2.05) is 0 Å². The number of H-pyrrole nitrogens is 1. The highest BCUT2D eigenvalue weighted by molar-refractivity contribution is 5.94. The number of hydrogen-bond donors (Lipinski definition) is 3. The van der Waals surface area contributed by atoms with Crippen molar-refractivity contribution in [2.75, 3.05) is 7.11 Å². The number of hydrogen-bond acceptors (Lipinski definition) is 6. The molecule has 108 valence electrons. The number of methoxy groups -OCH3 is 1. The smallest absolute Gasteiger partial charge is 0.326 e. The van der Waals surface area contributed by atoms with E-state index >= 15 is 0 Å². The number of carboxylic acid groups (broad SMARTS) is 1. The monoisotopic (exact) mass is 283 g/mol. The van der Waals surface area contributed by atoms with Crippen LogP contribution in [0, 0.1) is 0 Å². The molecule has 1 heterocycles. The Hall–Kier alpha value is -2.71. The fourth-order valence-corrected chi connectivity index (χ4v) is 1.32. The highest BCUT2D eigenvalue weighted by Crippen LogP contribution is 2.01. The number of carbonyl (C=O) groups excluding carboxylic acids is 2. The van der Waals surface area contributed by atoms with Gasteiger partial charge in [0.05, 0.1) is 13.3 Å². The minimum Gasteiger partial charge on any atom is -0.480 e. The third-order valence-corrected chi connectivity index (χ3v) is 2.37. The van der Waals surface area contributed by atoms with Crippen LogP contribution < -0.4 is 10.9 Å². The van der Waals surface area contributed by atoms with Gasteiger partial charge in [-0.25, -0.2) is 9.78 Å². The lowest BCUT2D eigenvalue weighted by molar-refractivity contribution is -0.142. The van der Waals surface area contributed by atoms with Crippen molar-refractivity contribution in [1.82, 2.24) is 15.3 Å². The molecule has 0 spiro atoms. The van der Waals surface area contributed by atoms with Crippen molar-refractivity contribution in [1.29, 1.82) is 0 Å². The number of aromatic nitrogens is 2. The van der Waals surface area contributed by atoms with Crippen LogP contribution in [0.3, 0.4) is 0 Å². The molecular weight excluding hydrogens is 270 g/mol. The summed E-state index contributed by atoms with van der Waals surface area (Å²) in [7, 11) is 1.18. The second-order valence-corrected chi connectivity index (χ2v) is 3.78. The molecule has 0 saturated carbocycles. The SMILES string of the molecule is COC(=O)CC[C@H](NC(=O)c1c[nH]c(=O)cn1)C(=O)O. The Morgan fingerprint density at radius 3 is 2.70 bits per heavy atom. The van der Waals surface area contributed by atoms with Gasteiger partial charge in [0, 0.05) is 12.6 Å². The van der Waals surface area contributed by atoms with Gasteiger partial charge in [-0.3, -0.25) is 14.4 Å². The summed E-state index contributed by atoms with van der Waals surface area (Å²) in [6.45, 7) is 0. The summed E-state index contributed by atoms with van der Waals surface area (Å²) in [6.07, 6.45) is 1.71. The van der Waals surface area contributed by atoms with Gasteiger partial charge in [-0.15, -0.1) is 0 Å². The molecule has 0 bridgehead atoms. The maximum Gasteiger partial charge on any atom is 0.326 e. The number of rotatable bonds is 6. The lowest BCUT2D eigenvalue weighted by Gasteiger charge is -2.13. The van der Waals surface area contributed by atoms with Crippen LogP contribution in [-0.2, 0) is 14.3 Å². The molecule has 0 aliphatic rings. The van der Waals surface area contributed by atoms with Crippen LogP contribution in [0.2, 0.25) is 0 Å². The number of esters is 1. The first kappa shape index (κ1) is 15.3. The summed E-state index contributed by atoms with van der Waals surface area (Å²) in [5.74, 6) is -2.63. The molecule has 0 aliphatic heterocycles. The quantitative estimate of drug-likeness (QED) is 0.563. The summed E-state index contributed by atoms with van der Waals surface area (Å²) in [5, 5.41) is 11.2. The van der Waals surface area contributed by atoms with Crippen molar-refractivity contribution in [3.05, 3.63) is 28.4 Å². The summed E-state index contributed by atoms with van der Waals surface area (Å²) < 4.78 is 4.39. The average Bonchev–Trinajstić information content (AvgIpc) is 2.43. The molecule has 0 fully saturated rings. The van der Waals surface area contributed by atoms with Gasteiger partial charge in [0.1, 0.15) is 11.7 Å². The molecule has 1 rings (SSSR count). The molecule has 1 atom stereocenters. The molecule has 1 amide bonds. The summed E-state index contributed by atoms with van der Waals surface area (Å²) in [6, 6.07) is -1.25. The van der Waals surface area contributed by atoms with Crippen molar-refractivity contribution in [2.24, 2.45) is 0 Å². The van der Waals surface area contributed by atoms with Crippen LogP contribution >= 0.6 is 0 Å². The number of amides is 1. The van der Waals surface area contributed by atoms with E-state index in [0.29, 0.717) is 0 Å². The molecule has 0 aromatic carbocycles. The van der Waals surface area contributed by atoms with Crippen molar-refractivity contribution >= 4 is 17.8 Å². The van der Waals surface area contributed by atoms with Gasteiger partial charge in [0.25, 0.3) is 11.5 Å². The van der Waals surface area contributed by atoms with Gasteiger partial charge < -0.3 is 20.1 Å². The molecule has 0 unspecified atom stereocenters. The minimum absolute atomic E-state index is 0.114. The number of carboxylic acids is 1. The zero-order valence-electron chi connectivity index (χ0n) is 10.6. The predicted molar refractivity (Wildman–Crippen MR) is 65.0 cm³/mol. The number of ether oxygens (including phenoxy) is 1. The lowest BCUT2D eigenvalue weighted by atomic mass is 10.1. The molecule has 1 aromatic rings. The van der Waals surface area contributed by atoms with Crippen molar-refractivity contribution < 1.29 is 24.2 Å². The summed E-state index contributed by atoms with van der Waals surface area (Å²) in [5.41, 5.74) is -0.615. The molecule has 3 N–H and O–H groups in total. The molecule has 20 heavy (non-hydrogen) atoms. The minimum atomic E-state index is -1.29. The maximum atomic E-state index is 11.7. The normalized spacial score (nSPS) is 11.4. The van der Waals surface area contributed by atoms with Gasteiger partial charge in [0.2, 0.25) is 0 Å². The summed E-state index contributed by atoms with van der Waals surface area (Å²) in [4.78, 5) is 50.2. The van der Waals surface area contributed by atoms with Crippen molar-refractivity contribution in [3.63, 3.8) is 0 Å². The van der Waals surface area contributed by atoms with Crippen molar-refractivity contribution in [3.8, 4) is 0 Å². The fraction of sp³-hybridized carbons (Fsp3) is 0.364. The molecule has 9 heteroatoms. The third-order valence-electron chi connectivity index (χ3n) is 2.37. The number of aliphatic carboxylic acids is 1. The molecule has 9 nitrogen and oxygen atoms in total. The van der Waals surface area contributed by atoms with E-state index in [1.54, 1.807) is 0 Å². The second kappa shape index (κ2) is 7.02. The van der Waals surface area contributed by atoms with Crippen molar-refractivity contribution in [2.45, 2.75) is 18.9 Å². The molecule has 0 aliphatic carbocycles. The first-order valence-electron chi connectivity index (χ1n) is 5.59. The maximum absolute atomic E-state index is 11.7. The molecule has 0 saturated heterocycles. The molecular formula is C11H13N3O6. The van der Waals surface area contributed by atoms with E-state index < -0.39 is 29.4 Å². The zero-order chi connectivity index (χ0) is 15.1. The highest BCUT2D eigenvalue weighted by Gasteiger charge is 2.22. The topological polar surface area (TPSA) is 138 Å². The second-order valence-electron chi connectivity index (χ2n) is 3.78. The van der Waals surface area contributed by atoms with E-state index in [9.17, 15) is 19.2 Å². The molecule has 1 aromatic heterocycles. The van der Waals surface area contributed by atoms with Crippen LogP contribution in [0.4, 0.5) is 0 Å². The van der Waals surface area contributed by atoms with Crippen LogP contribution in [0.5, 0.6) is 0 Å². The lowest BCUT2D eigenvalue weighted by Crippen LogP contribution is -2.41. The Bertz CT molecular complexity index is 547. The van der Waals surface area contributed by atoms with Gasteiger partial charge in [-0.05, 0) is 6.42 Å². The van der Waals surface area contributed by atoms with E-state index in [-0.39, 0.29) is 18.5 Å². The predicted octanol–water partition coefficient (Wildman–Crippen LogP) is -1.09. The zero-order valence-corrected chi connectivity index (χ0v) is 10.6. The van der Waals surface area contributed by atoms with E-state index in [1.165, 1.54) is 7.11 Å². The third kappa shape index (κ3) is 4.52. The number of aromatic amines is 1. The Morgan fingerprint density at radius 2 is 2.20 bits per heavy atom. The first-order chi connectivity index (χ1) is 9.43. The summed E-state index contributed by atoms with van der Waals surface area (Å²) >= 11 is 0. The van der Waals surface area contributed by atoms with Crippen LogP contribution in [-0.4, -0.2) is 46.1 Å². The largest absolute Gasteiger partial charge is 0.480 e. The van der Waals surface area contributed by atoms with Gasteiger partial charge >= 0.3 is 11.9 Å². The number of nitrogens with zero attached hydrogens (tertiary/aromatic N) is 1. The van der Waals surface area contributed by atoms with Crippen LogP contribution in [0.15, 0.2) is 17.2 Å². The number of nitrogens with one attached hydrogen (secondary N) is 2. The standard InChI is InChI=1S/C11H13N3O6/c1-20-9(16)3-2-6(11(18)19)14-10(17)7-4-13-8(15)5-12-7/h4-6H,2-3H2,1H3,(H,13,15)(H,14,17)(H,18,19)/t6-/m0/s1. The Labute approximate surface area is 113 Å². The van der Waals surface area contributed by atoms with E-state index in [2.05, 4.69) is 20.0 Å². The van der Waals surface area contributed by atoms with E-state index in [4.69, 9.17) is 5.11 Å². The van der Waals surface area contributed by atoms with Gasteiger partial charge in [0.15, 0.2) is 0 Å². The van der Waals surface area contributed by atoms with Crippen LogP contribution in [0.1, 0.15) is 23.3 Å².